The third-order valence-electron chi connectivity index (χ3n) is 6.51. The van der Waals surface area contributed by atoms with Gasteiger partial charge in [0.1, 0.15) is 5.75 Å². The molecule has 1 amide bonds. The number of likely N-dealkylation sites (tertiary alicyclic amines) is 2. The van der Waals surface area contributed by atoms with Gasteiger partial charge in [0.2, 0.25) is 5.91 Å². The van der Waals surface area contributed by atoms with Crippen LogP contribution >= 0.6 is 0 Å². The van der Waals surface area contributed by atoms with Crippen molar-refractivity contribution < 1.29 is 18.3 Å². The first kappa shape index (κ1) is 22.9. The van der Waals surface area contributed by atoms with Gasteiger partial charge in [0, 0.05) is 31.1 Å². The van der Waals surface area contributed by atoms with Crippen LogP contribution in [-0.2, 0) is 11.3 Å². The zero-order valence-electron chi connectivity index (χ0n) is 18.0. The second kappa shape index (κ2) is 11.6. The third kappa shape index (κ3) is 6.91. The molecule has 1 aromatic rings. The number of carbonyl (C=O) groups excluding carboxylic acids is 1. The van der Waals surface area contributed by atoms with Crippen LogP contribution < -0.4 is 10.1 Å². The molecule has 2 aliphatic rings. The van der Waals surface area contributed by atoms with E-state index in [1.807, 2.05) is 12.1 Å². The van der Waals surface area contributed by atoms with E-state index in [4.69, 9.17) is 0 Å². The number of benzene rings is 1. The van der Waals surface area contributed by atoms with Gasteiger partial charge in [-0.2, -0.15) is 8.78 Å². The van der Waals surface area contributed by atoms with Gasteiger partial charge in [-0.3, -0.25) is 14.6 Å². The second-order valence-corrected chi connectivity index (χ2v) is 8.47. The molecule has 0 aliphatic carbocycles. The smallest absolute Gasteiger partial charge is 0.387 e. The van der Waals surface area contributed by atoms with E-state index < -0.39 is 6.61 Å². The number of alkyl halides is 2. The Labute approximate surface area is 178 Å². The Balaban J connectivity index is 1.34. The molecule has 1 unspecified atom stereocenters. The molecule has 7 heteroatoms. The highest BCUT2D eigenvalue weighted by atomic mass is 19.3. The van der Waals surface area contributed by atoms with Crippen molar-refractivity contribution in [3.05, 3.63) is 29.8 Å². The van der Waals surface area contributed by atoms with Crippen LogP contribution in [0.2, 0.25) is 0 Å². The first-order chi connectivity index (χ1) is 14.5. The van der Waals surface area contributed by atoms with Gasteiger partial charge in [-0.05, 0) is 70.3 Å². The minimum atomic E-state index is -2.80. The maximum absolute atomic E-state index is 12.6. The van der Waals surface area contributed by atoms with E-state index in [0.717, 1.165) is 57.5 Å². The number of amides is 1. The Hall–Kier alpha value is -1.73. The summed E-state index contributed by atoms with van der Waals surface area (Å²) >= 11 is 0. The van der Waals surface area contributed by atoms with E-state index in [-0.39, 0.29) is 11.7 Å². The second-order valence-electron chi connectivity index (χ2n) is 8.47. The molecule has 0 saturated carbocycles. The highest BCUT2D eigenvalue weighted by Crippen LogP contribution is 2.26. The van der Waals surface area contributed by atoms with Crippen LogP contribution in [0.25, 0.3) is 0 Å². The van der Waals surface area contributed by atoms with Gasteiger partial charge in [-0.25, -0.2) is 0 Å². The summed E-state index contributed by atoms with van der Waals surface area (Å²) in [6.45, 7) is 4.80. The monoisotopic (exact) mass is 423 g/mol. The molecule has 2 aliphatic heterocycles. The number of nitrogens with zero attached hydrogens (tertiary/aromatic N) is 2. The Morgan fingerprint density at radius 2 is 1.97 bits per heavy atom. The summed E-state index contributed by atoms with van der Waals surface area (Å²) in [6, 6.07) is 7.50. The average Bonchev–Trinajstić information content (AvgIpc) is 3.20. The number of carbonyl (C=O) groups is 1. The molecule has 3 rings (SSSR count). The lowest BCUT2D eigenvalue weighted by molar-refractivity contribution is -0.121. The van der Waals surface area contributed by atoms with Gasteiger partial charge in [0.25, 0.3) is 0 Å². The molecule has 0 aromatic heterocycles. The van der Waals surface area contributed by atoms with Crippen LogP contribution in [0.15, 0.2) is 24.3 Å². The van der Waals surface area contributed by atoms with Crippen LogP contribution in [0.5, 0.6) is 5.75 Å². The highest BCUT2D eigenvalue weighted by Gasteiger charge is 2.24. The summed E-state index contributed by atoms with van der Waals surface area (Å²) in [6.07, 6.45) is 6.00. The summed E-state index contributed by atoms with van der Waals surface area (Å²) in [5.41, 5.74) is 0.795. The Kier molecular flexibility index (Phi) is 8.88. The molecule has 1 aromatic carbocycles. The fraction of sp³-hybridized carbons (Fsp3) is 0.696. The van der Waals surface area contributed by atoms with Crippen molar-refractivity contribution >= 4 is 5.91 Å². The van der Waals surface area contributed by atoms with Gasteiger partial charge in [-0.15, -0.1) is 0 Å². The van der Waals surface area contributed by atoms with Crippen molar-refractivity contribution in [2.45, 2.75) is 64.6 Å². The van der Waals surface area contributed by atoms with Crippen molar-refractivity contribution in [3.63, 3.8) is 0 Å². The number of hydrogen-bond donors (Lipinski definition) is 1. The summed E-state index contributed by atoms with van der Waals surface area (Å²) in [7, 11) is 0. The number of hydrogen-bond acceptors (Lipinski definition) is 4. The average molecular weight is 424 g/mol. The first-order valence-electron chi connectivity index (χ1n) is 11.3. The lowest BCUT2D eigenvalue weighted by Crippen LogP contribution is -2.40. The van der Waals surface area contributed by atoms with Crippen LogP contribution in [0, 0.1) is 5.92 Å². The highest BCUT2D eigenvalue weighted by molar-refractivity contribution is 5.75. The molecule has 1 atom stereocenters. The summed E-state index contributed by atoms with van der Waals surface area (Å²) in [4.78, 5) is 17.0. The molecular formula is C23H35F2N3O2. The maximum atomic E-state index is 12.6. The fourth-order valence-corrected chi connectivity index (χ4v) is 4.72. The third-order valence-corrected chi connectivity index (χ3v) is 6.51. The lowest BCUT2D eigenvalue weighted by atomic mass is 9.92. The van der Waals surface area contributed by atoms with Gasteiger partial charge in [0.05, 0.1) is 0 Å². The van der Waals surface area contributed by atoms with E-state index in [2.05, 4.69) is 26.8 Å². The molecule has 2 saturated heterocycles. The number of para-hydroxylation sites is 1. The molecule has 2 heterocycles. The van der Waals surface area contributed by atoms with Crippen LogP contribution in [0.4, 0.5) is 8.78 Å². The van der Waals surface area contributed by atoms with Gasteiger partial charge in [0.15, 0.2) is 0 Å². The number of piperidine rings is 1. The number of nitrogens with one attached hydrogen (secondary N) is 1. The quantitative estimate of drug-likeness (QED) is 0.620. The van der Waals surface area contributed by atoms with Gasteiger partial charge >= 0.3 is 6.61 Å². The van der Waals surface area contributed by atoms with Crippen molar-refractivity contribution in [2.24, 2.45) is 5.92 Å². The molecule has 5 nitrogen and oxygen atoms in total. The van der Waals surface area contributed by atoms with Gasteiger partial charge in [-0.1, -0.05) is 25.1 Å². The number of likely N-dealkylation sites (N-methyl/N-ethyl adjacent to an activating group) is 1. The van der Waals surface area contributed by atoms with E-state index in [0.29, 0.717) is 24.9 Å². The summed E-state index contributed by atoms with van der Waals surface area (Å²) in [5, 5.41) is 3.13. The van der Waals surface area contributed by atoms with E-state index >= 15 is 0 Å². The van der Waals surface area contributed by atoms with Gasteiger partial charge < -0.3 is 10.1 Å². The van der Waals surface area contributed by atoms with Crippen LogP contribution in [0.3, 0.4) is 0 Å². The number of halogens is 2. The standard InChI is InChI=1S/C23H35F2N3O2/c1-2-28-13-5-7-20(28)16-26-22(29)10-9-18-11-14-27(15-12-18)17-19-6-3-4-8-21(19)30-23(24)25/h3-4,6,8,18,20,23H,2,5,7,9-17H2,1H3,(H,26,29). The maximum Gasteiger partial charge on any atom is 0.387 e. The normalized spacial score (nSPS) is 21.3. The van der Waals surface area contributed by atoms with Crippen LogP contribution in [0.1, 0.15) is 51.0 Å². The molecule has 168 valence electrons. The largest absolute Gasteiger partial charge is 0.434 e. The van der Waals surface area contributed by atoms with E-state index in [9.17, 15) is 13.6 Å². The molecule has 0 radical (unpaired) electrons. The Morgan fingerprint density at radius 3 is 2.70 bits per heavy atom. The Morgan fingerprint density at radius 1 is 1.20 bits per heavy atom. The topological polar surface area (TPSA) is 44.8 Å². The fourth-order valence-electron chi connectivity index (χ4n) is 4.72. The SMILES string of the molecule is CCN1CCCC1CNC(=O)CCC1CCN(Cc2ccccc2OC(F)F)CC1. The van der Waals surface area contributed by atoms with E-state index in [1.165, 1.54) is 12.8 Å². The molecule has 1 N–H and O–H groups in total. The number of rotatable bonds is 10. The van der Waals surface area contributed by atoms with Crippen molar-refractivity contribution in [3.8, 4) is 5.75 Å². The minimum Gasteiger partial charge on any atom is -0.434 e. The summed E-state index contributed by atoms with van der Waals surface area (Å²) in [5.74, 6) is 0.979. The molecule has 30 heavy (non-hydrogen) atoms. The van der Waals surface area contributed by atoms with Crippen molar-refractivity contribution in [2.75, 3.05) is 32.7 Å². The van der Waals surface area contributed by atoms with E-state index in [1.54, 1.807) is 12.1 Å². The minimum absolute atomic E-state index is 0.165. The molecule has 0 spiro atoms. The predicted molar refractivity (Wildman–Crippen MR) is 114 cm³/mol. The molecular weight excluding hydrogens is 388 g/mol. The number of ether oxygens (including phenoxy) is 1. The lowest BCUT2D eigenvalue weighted by Gasteiger charge is -2.32. The first-order valence-corrected chi connectivity index (χ1v) is 11.3. The predicted octanol–water partition coefficient (Wildman–Crippen LogP) is 3.88. The zero-order chi connectivity index (χ0) is 21.3. The van der Waals surface area contributed by atoms with Crippen LogP contribution in [-0.4, -0.2) is 61.1 Å². The molecule has 0 bridgehead atoms. The zero-order valence-corrected chi connectivity index (χ0v) is 18.0. The van der Waals surface area contributed by atoms with Crippen molar-refractivity contribution in [1.82, 2.24) is 15.1 Å². The van der Waals surface area contributed by atoms with Crippen molar-refractivity contribution in [1.29, 1.82) is 0 Å². The summed E-state index contributed by atoms with van der Waals surface area (Å²) < 4.78 is 29.8. The Bertz CT molecular complexity index is 666. The molecule has 2 fully saturated rings.